The van der Waals surface area contributed by atoms with E-state index in [1.54, 1.807) is 31.5 Å². The average molecular weight is 351 g/mol. The number of benzene rings is 1. The van der Waals surface area contributed by atoms with Gasteiger partial charge in [0.15, 0.2) is 0 Å². The van der Waals surface area contributed by atoms with Crippen LogP contribution in [0.4, 0.5) is 0 Å². The van der Waals surface area contributed by atoms with Crippen LogP contribution in [-0.2, 0) is 11.2 Å². The van der Waals surface area contributed by atoms with Gasteiger partial charge < -0.3 is 19.1 Å². The summed E-state index contributed by atoms with van der Waals surface area (Å²) in [6.07, 6.45) is 8.31. The molecule has 0 bridgehead atoms. The van der Waals surface area contributed by atoms with Crippen LogP contribution in [0.5, 0.6) is 11.5 Å². The summed E-state index contributed by atoms with van der Waals surface area (Å²) in [7, 11) is 1.62. The molecular formula is C20H21N3O3. The van der Waals surface area contributed by atoms with E-state index in [4.69, 9.17) is 9.47 Å². The SMILES string of the molecule is COc1ccc(O)cc1-c1nccn1[C@@H]1COC[C@H]1Cc1ccncc1. The molecule has 1 fully saturated rings. The Labute approximate surface area is 152 Å². The highest BCUT2D eigenvalue weighted by Crippen LogP contribution is 2.36. The average Bonchev–Trinajstić information content (AvgIpc) is 3.31. The van der Waals surface area contributed by atoms with Crippen molar-refractivity contribution in [1.29, 1.82) is 0 Å². The highest BCUT2D eigenvalue weighted by atomic mass is 16.5. The molecule has 1 aromatic carbocycles. The number of methoxy groups -OCH3 is 1. The van der Waals surface area contributed by atoms with Gasteiger partial charge in [0.25, 0.3) is 0 Å². The summed E-state index contributed by atoms with van der Waals surface area (Å²) in [5.74, 6) is 1.98. The van der Waals surface area contributed by atoms with E-state index in [0.717, 1.165) is 17.8 Å². The molecule has 0 spiro atoms. The molecule has 0 unspecified atom stereocenters. The van der Waals surface area contributed by atoms with Crippen LogP contribution in [0, 0.1) is 5.92 Å². The van der Waals surface area contributed by atoms with Gasteiger partial charge in [-0.25, -0.2) is 4.98 Å². The molecule has 1 saturated heterocycles. The third kappa shape index (κ3) is 3.15. The van der Waals surface area contributed by atoms with E-state index in [2.05, 4.69) is 14.5 Å². The zero-order valence-electron chi connectivity index (χ0n) is 14.6. The van der Waals surface area contributed by atoms with E-state index in [1.165, 1.54) is 5.56 Å². The van der Waals surface area contributed by atoms with Gasteiger partial charge in [-0.1, -0.05) is 0 Å². The second kappa shape index (κ2) is 7.17. The van der Waals surface area contributed by atoms with Crippen LogP contribution in [0.25, 0.3) is 11.4 Å². The lowest BCUT2D eigenvalue weighted by Crippen LogP contribution is -2.20. The monoisotopic (exact) mass is 351 g/mol. The first-order valence-electron chi connectivity index (χ1n) is 8.63. The van der Waals surface area contributed by atoms with Crippen molar-refractivity contribution in [2.45, 2.75) is 12.5 Å². The normalized spacial score (nSPS) is 19.6. The van der Waals surface area contributed by atoms with Crippen molar-refractivity contribution in [3.63, 3.8) is 0 Å². The third-order valence-corrected chi connectivity index (χ3v) is 4.86. The van der Waals surface area contributed by atoms with Crippen molar-refractivity contribution in [1.82, 2.24) is 14.5 Å². The molecule has 0 aliphatic carbocycles. The van der Waals surface area contributed by atoms with E-state index in [0.29, 0.717) is 24.9 Å². The first kappa shape index (κ1) is 16.6. The lowest BCUT2D eigenvalue weighted by Gasteiger charge is -2.22. The summed E-state index contributed by atoms with van der Waals surface area (Å²) in [6, 6.07) is 9.31. The Morgan fingerprint density at radius 2 is 2.04 bits per heavy atom. The van der Waals surface area contributed by atoms with Gasteiger partial charge >= 0.3 is 0 Å². The van der Waals surface area contributed by atoms with Gasteiger partial charge in [-0.2, -0.15) is 0 Å². The van der Waals surface area contributed by atoms with Crippen molar-refractivity contribution in [3.8, 4) is 22.9 Å². The highest BCUT2D eigenvalue weighted by Gasteiger charge is 2.31. The van der Waals surface area contributed by atoms with E-state index in [9.17, 15) is 5.11 Å². The molecular weight excluding hydrogens is 330 g/mol. The molecule has 2 atom stereocenters. The number of nitrogens with zero attached hydrogens (tertiary/aromatic N) is 3. The van der Waals surface area contributed by atoms with E-state index in [-0.39, 0.29) is 11.8 Å². The van der Waals surface area contributed by atoms with Crippen molar-refractivity contribution in [2.75, 3.05) is 20.3 Å². The summed E-state index contributed by atoms with van der Waals surface area (Å²) in [6.45, 7) is 1.35. The minimum atomic E-state index is 0.174. The van der Waals surface area contributed by atoms with Gasteiger partial charge in [0.1, 0.15) is 17.3 Å². The first-order chi connectivity index (χ1) is 12.8. The minimum Gasteiger partial charge on any atom is -0.508 e. The van der Waals surface area contributed by atoms with Crippen molar-refractivity contribution < 1.29 is 14.6 Å². The maximum atomic E-state index is 9.91. The number of aromatic hydroxyl groups is 1. The van der Waals surface area contributed by atoms with Gasteiger partial charge in [-0.15, -0.1) is 0 Å². The standard InChI is InChI=1S/C20H21N3O3/c1-25-19-3-2-16(24)11-17(19)20-22-8-9-23(20)18-13-26-12-15(18)10-14-4-6-21-7-5-14/h2-9,11,15,18,24H,10,12-13H2,1H3/t15-,18-/m1/s1. The summed E-state index contributed by atoms with van der Waals surface area (Å²) in [5, 5.41) is 9.91. The fraction of sp³-hybridized carbons (Fsp3) is 0.300. The van der Waals surface area contributed by atoms with E-state index in [1.807, 2.05) is 30.7 Å². The summed E-state index contributed by atoms with van der Waals surface area (Å²) >= 11 is 0. The van der Waals surface area contributed by atoms with Gasteiger partial charge in [-0.3, -0.25) is 4.98 Å². The fourth-order valence-electron chi connectivity index (χ4n) is 3.57. The van der Waals surface area contributed by atoms with Crippen LogP contribution < -0.4 is 4.74 Å². The number of aromatic nitrogens is 3. The van der Waals surface area contributed by atoms with Crippen LogP contribution in [0.3, 0.4) is 0 Å². The predicted molar refractivity (Wildman–Crippen MR) is 97.2 cm³/mol. The van der Waals surface area contributed by atoms with Crippen LogP contribution in [0.1, 0.15) is 11.6 Å². The number of hydrogen-bond acceptors (Lipinski definition) is 5. The zero-order chi connectivity index (χ0) is 17.9. The number of pyridine rings is 1. The van der Waals surface area contributed by atoms with Crippen LogP contribution in [-0.4, -0.2) is 40.0 Å². The van der Waals surface area contributed by atoms with Crippen LogP contribution in [0.2, 0.25) is 0 Å². The van der Waals surface area contributed by atoms with Crippen LogP contribution >= 0.6 is 0 Å². The molecule has 3 heterocycles. The van der Waals surface area contributed by atoms with Gasteiger partial charge in [0.05, 0.1) is 31.9 Å². The zero-order valence-corrected chi connectivity index (χ0v) is 14.6. The molecule has 6 nitrogen and oxygen atoms in total. The Hall–Kier alpha value is -2.86. The molecule has 3 aromatic rings. The van der Waals surface area contributed by atoms with Crippen molar-refractivity contribution >= 4 is 0 Å². The van der Waals surface area contributed by atoms with Gasteiger partial charge in [0, 0.05) is 30.7 Å². The Kier molecular flexibility index (Phi) is 4.58. The predicted octanol–water partition coefficient (Wildman–Crippen LogP) is 3.09. The van der Waals surface area contributed by atoms with Gasteiger partial charge in [-0.05, 0) is 42.3 Å². The second-order valence-electron chi connectivity index (χ2n) is 6.47. The first-order valence-corrected chi connectivity index (χ1v) is 8.63. The Morgan fingerprint density at radius 1 is 1.19 bits per heavy atom. The molecule has 1 aliphatic heterocycles. The van der Waals surface area contributed by atoms with Gasteiger partial charge in [0.2, 0.25) is 0 Å². The minimum absolute atomic E-state index is 0.174. The number of hydrogen-bond donors (Lipinski definition) is 1. The van der Waals surface area contributed by atoms with E-state index >= 15 is 0 Å². The quantitative estimate of drug-likeness (QED) is 0.765. The van der Waals surface area contributed by atoms with Crippen molar-refractivity contribution in [3.05, 3.63) is 60.7 Å². The lowest BCUT2D eigenvalue weighted by atomic mass is 9.95. The number of phenols is 1. The maximum absolute atomic E-state index is 9.91. The Morgan fingerprint density at radius 3 is 2.85 bits per heavy atom. The number of ether oxygens (including phenoxy) is 2. The van der Waals surface area contributed by atoms with Crippen LogP contribution in [0.15, 0.2) is 55.1 Å². The maximum Gasteiger partial charge on any atom is 0.144 e. The molecule has 0 amide bonds. The van der Waals surface area contributed by atoms with E-state index < -0.39 is 0 Å². The molecule has 2 aromatic heterocycles. The molecule has 6 heteroatoms. The lowest BCUT2D eigenvalue weighted by molar-refractivity contribution is 0.181. The summed E-state index contributed by atoms with van der Waals surface area (Å²) in [4.78, 5) is 8.61. The molecule has 26 heavy (non-hydrogen) atoms. The Balaban J connectivity index is 1.67. The Bertz CT molecular complexity index is 879. The topological polar surface area (TPSA) is 69.4 Å². The fourth-order valence-corrected chi connectivity index (χ4v) is 3.57. The second-order valence-corrected chi connectivity index (χ2v) is 6.47. The molecule has 134 valence electrons. The molecule has 1 aliphatic rings. The molecule has 0 radical (unpaired) electrons. The van der Waals surface area contributed by atoms with Crippen molar-refractivity contribution in [2.24, 2.45) is 5.92 Å². The largest absolute Gasteiger partial charge is 0.508 e. The number of phenolic OH excluding ortho intramolecular Hbond substituents is 1. The number of imidazole rings is 1. The summed E-state index contributed by atoms with van der Waals surface area (Å²) < 4.78 is 13.4. The molecule has 1 N–H and O–H groups in total. The highest BCUT2D eigenvalue weighted by molar-refractivity contribution is 5.66. The third-order valence-electron chi connectivity index (χ3n) is 4.86. The number of rotatable bonds is 5. The smallest absolute Gasteiger partial charge is 0.144 e. The summed E-state index contributed by atoms with van der Waals surface area (Å²) in [5.41, 5.74) is 2.02. The molecule has 0 saturated carbocycles. The molecule has 4 rings (SSSR count).